The predicted octanol–water partition coefficient (Wildman–Crippen LogP) is 3.33. The maximum Gasteiger partial charge on any atom is 0.230 e. The van der Waals surface area contributed by atoms with E-state index in [2.05, 4.69) is 21.2 Å². The quantitative estimate of drug-likeness (QED) is 0.785. The number of rotatable bonds is 2. The molecule has 0 aromatic carbocycles. The number of nitrogens with zero attached hydrogens (tertiary/aromatic N) is 3. The molecule has 1 aliphatic carbocycles. The second kappa shape index (κ2) is 5.20. The van der Waals surface area contributed by atoms with Crippen LogP contribution >= 0.6 is 11.3 Å². The van der Waals surface area contributed by atoms with E-state index < -0.39 is 0 Å². The molecule has 3 heterocycles. The van der Waals surface area contributed by atoms with E-state index in [1.165, 1.54) is 0 Å². The molecule has 0 aliphatic heterocycles. The molecular weight excluding hydrogens is 284 g/mol. The summed E-state index contributed by atoms with van der Waals surface area (Å²) in [5.74, 6) is 1.72. The van der Waals surface area contributed by atoms with Crippen molar-refractivity contribution < 1.29 is 4.52 Å². The Bertz CT molecular complexity index is 758. The minimum Gasteiger partial charge on any atom is -0.339 e. The second-order valence-electron chi connectivity index (χ2n) is 5.60. The smallest absolute Gasteiger partial charge is 0.230 e. The number of nitrogens with two attached hydrogens (primary N) is 1. The van der Waals surface area contributed by atoms with Crippen LogP contribution in [-0.2, 0) is 0 Å². The Morgan fingerprint density at radius 3 is 2.95 bits per heavy atom. The highest BCUT2D eigenvalue weighted by Crippen LogP contribution is 2.32. The maximum absolute atomic E-state index is 5.94. The van der Waals surface area contributed by atoms with Crippen LogP contribution in [0, 0.1) is 0 Å². The fraction of sp³-hybridized carbons (Fsp3) is 0.400. The fourth-order valence-electron chi connectivity index (χ4n) is 2.85. The van der Waals surface area contributed by atoms with Gasteiger partial charge in [-0.15, -0.1) is 11.3 Å². The van der Waals surface area contributed by atoms with Gasteiger partial charge in [0, 0.05) is 23.7 Å². The third-order valence-electron chi connectivity index (χ3n) is 4.12. The number of aromatic nitrogens is 3. The monoisotopic (exact) mass is 300 g/mol. The first-order valence-electron chi connectivity index (χ1n) is 7.22. The molecular formula is C15H16N4OS. The van der Waals surface area contributed by atoms with Gasteiger partial charge in [0.2, 0.25) is 11.7 Å². The lowest BCUT2D eigenvalue weighted by Gasteiger charge is -2.22. The van der Waals surface area contributed by atoms with E-state index in [4.69, 9.17) is 10.3 Å². The van der Waals surface area contributed by atoms with Gasteiger partial charge in [-0.2, -0.15) is 4.98 Å². The van der Waals surface area contributed by atoms with Gasteiger partial charge in [-0.25, -0.2) is 0 Å². The number of fused-ring (bicyclic) bond motifs is 1. The molecule has 6 heteroatoms. The number of hydrogen-bond donors (Lipinski definition) is 1. The Labute approximate surface area is 126 Å². The van der Waals surface area contributed by atoms with Gasteiger partial charge in [0.15, 0.2) is 0 Å². The second-order valence-corrected chi connectivity index (χ2v) is 6.54. The van der Waals surface area contributed by atoms with E-state index in [-0.39, 0.29) is 0 Å². The molecule has 0 atom stereocenters. The van der Waals surface area contributed by atoms with Crippen molar-refractivity contribution in [1.82, 2.24) is 15.1 Å². The number of pyridine rings is 1. The molecule has 21 heavy (non-hydrogen) atoms. The van der Waals surface area contributed by atoms with Crippen molar-refractivity contribution in [1.29, 1.82) is 0 Å². The number of hydrogen-bond acceptors (Lipinski definition) is 6. The average molecular weight is 300 g/mol. The third-order valence-corrected chi connectivity index (χ3v) is 4.98. The van der Waals surface area contributed by atoms with Gasteiger partial charge in [0.25, 0.3) is 0 Å². The molecule has 0 amide bonds. The largest absolute Gasteiger partial charge is 0.339 e. The fourth-order valence-corrected chi connectivity index (χ4v) is 3.63. The molecule has 4 rings (SSSR count). The summed E-state index contributed by atoms with van der Waals surface area (Å²) in [6.07, 6.45) is 5.94. The molecule has 1 saturated carbocycles. The summed E-state index contributed by atoms with van der Waals surface area (Å²) in [6, 6.07) is 4.41. The molecule has 0 radical (unpaired) electrons. The van der Waals surface area contributed by atoms with Gasteiger partial charge >= 0.3 is 0 Å². The predicted molar refractivity (Wildman–Crippen MR) is 82.1 cm³/mol. The topological polar surface area (TPSA) is 77.8 Å². The minimum atomic E-state index is 0.328. The zero-order valence-electron chi connectivity index (χ0n) is 11.5. The summed E-state index contributed by atoms with van der Waals surface area (Å²) in [6.45, 7) is 0. The van der Waals surface area contributed by atoms with Crippen molar-refractivity contribution in [2.75, 3.05) is 0 Å². The summed E-state index contributed by atoms with van der Waals surface area (Å²) in [5.41, 5.74) is 7.86. The van der Waals surface area contributed by atoms with Crippen molar-refractivity contribution in [3.63, 3.8) is 0 Å². The Morgan fingerprint density at radius 1 is 1.24 bits per heavy atom. The first-order valence-corrected chi connectivity index (χ1v) is 8.10. The SMILES string of the molecule is NC1CCC(c2nc(-c3cnc4ccsc4c3)no2)CC1. The molecule has 5 nitrogen and oxygen atoms in total. The molecule has 1 fully saturated rings. The van der Waals surface area contributed by atoms with Crippen LogP contribution in [0.2, 0.25) is 0 Å². The highest BCUT2D eigenvalue weighted by molar-refractivity contribution is 7.17. The van der Waals surface area contributed by atoms with E-state index in [0.717, 1.165) is 47.4 Å². The first-order chi connectivity index (χ1) is 10.3. The molecule has 0 unspecified atom stereocenters. The van der Waals surface area contributed by atoms with Crippen LogP contribution in [0.5, 0.6) is 0 Å². The van der Waals surface area contributed by atoms with E-state index in [0.29, 0.717) is 17.8 Å². The summed E-state index contributed by atoms with van der Waals surface area (Å²) >= 11 is 1.67. The molecule has 0 bridgehead atoms. The Morgan fingerprint density at radius 2 is 2.10 bits per heavy atom. The van der Waals surface area contributed by atoms with Crippen LogP contribution in [-0.4, -0.2) is 21.2 Å². The van der Waals surface area contributed by atoms with Gasteiger partial charge in [-0.1, -0.05) is 5.16 Å². The Kier molecular flexibility index (Phi) is 3.20. The van der Waals surface area contributed by atoms with Gasteiger partial charge in [0.05, 0.1) is 10.2 Å². The van der Waals surface area contributed by atoms with E-state index >= 15 is 0 Å². The van der Waals surface area contributed by atoms with Crippen molar-refractivity contribution in [2.24, 2.45) is 5.73 Å². The lowest BCUT2D eigenvalue weighted by molar-refractivity contribution is 0.301. The maximum atomic E-state index is 5.94. The molecule has 108 valence electrons. The van der Waals surface area contributed by atoms with Crippen molar-refractivity contribution in [3.05, 3.63) is 29.6 Å². The van der Waals surface area contributed by atoms with Gasteiger partial charge in [-0.3, -0.25) is 4.98 Å². The summed E-state index contributed by atoms with van der Waals surface area (Å²) < 4.78 is 6.60. The minimum absolute atomic E-state index is 0.328. The van der Waals surface area contributed by atoms with E-state index in [9.17, 15) is 0 Å². The highest BCUT2D eigenvalue weighted by Gasteiger charge is 2.25. The molecule has 2 N–H and O–H groups in total. The van der Waals surface area contributed by atoms with Crippen LogP contribution in [0.3, 0.4) is 0 Å². The lowest BCUT2D eigenvalue weighted by Crippen LogP contribution is -2.25. The number of thiophene rings is 1. The zero-order valence-corrected chi connectivity index (χ0v) is 12.3. The molecule has 1 aliphatic rings. The Hall–Kier alpha value is -1.79. The lowest BCUT2D eigenvalue weighted by atomic mass is 9.86. The van der Waals surface area contributed by atoms with Crippen molar-refractivity contribution in [3.8, 4) is 11.4 Å². The third kappa shape index (κ3) is 2.45. The van der Waals surface area contributed by atoms with Crippen LogP contribution < -0.4 is 5.73 Å². The summed E-state index contributed by atoms with van der Waals surface area (Å²) in [5, 5.41) is 6.16. The molecule has 0 saturated heterocycles. The van der Waals surface area contributed by atoms with Gasteiger partial charge < -0.3 is 10.3 Å². The van der Waals surface area contributed by atoms with Gasteiger partial charge in [0.1, 0.15) is 0 Å². The van der Waals surface area contributed by atoms with Crippen molar-refractivity contribution in [2.45, 2.75) is 37.6 Å². The molecule has 3 aromatic rings. The van der Waals surface area contributed by atoms with Crippen LogP contribution in [0.4, 0.5) is 0 Å². The van der Waals surface area contributed by atoms with Crippen LogP contribution in [0.25, 0.3) is 21.6 Å². The van der Waals surface area contributed by atoms with E-state index in [1.807, 2.05) is 11.4 Å². The standard InChI is InChI=1S/C15H16N4OS/c16-11-3-1-9(2-4-11)15-18-14(19-20-15)10-7-13-12(17-8-10)5-6-21-13/h5-9,11H,1-4,16H2. The van der Waals surface area contributed by atoms with Crippen LogP contribution in [0.15, 0.2) is 28.2 Å². The Balaban J connectivity index is 1.61. The summed E-state index contributed by atoms with van der Waals surface area (Å²) in [7, 11) is 0. The van der Waals surface area contributed by atoms with E-state index in [1.54, 1.807) is 17.5 Å². The molecule has 0 spiro atoms. The highest BCUT2D eigenvalue weighted by atomic mass is 32.1. The van der Waals surface area contributed by atoms with Crippen LogP contribution in [0.1, 0.15) is 37.5 Å². The normalized spacial score (nSPS) is 22.7. The first kappa shape index (κ1) is 12.9. The van der Waals surface area contributed by atoms with Gasteiger partial charge in [-0.05, 0) is 43.2 Å². The average Bonchev–Trinajstić information content (AvgIpc) is 3.16. The zero-order chi connectivity index (χ0) is 14.2. The summed E-state index contributed by atoms with van der Waals surface area (Å²) in [4.78, 5) is 8.99. The molecule has 3 aromatic heterocycles. The van der Waals surface area contributed by atoms with Crippen molar-refractivity contribution >= 4 is 21.6 Å².